The number of halogens is 1. The molecule has 0 aliphatic heterocycles. The first-order valence-corrected chi connectivity index (χ1v) is 9.78. The van der Waals surface area contributed by atoms with Gasteiger partial charge in [0.15, 0.2) is 0 Å². The third-order valence-corrected chi connectivity index (χ3v) is 5.73. The van der Waals surface area contributed by atoms with Crippen LogP contribution in [0.25, 0.3) is 22.2 Å². The van der Waals surface area contributed by atoms with E-state index in [4.69, 9.17) is 17.3 Å². The van der Waals surface area contributed by atoms with E-state index >= 15 is 0 Å². The third-order valence-electron chi connectivity index (χ3n) is 5.49. The summed E-state index contributed by atoms with van der Waals surface area (Å²) in [5.41, 5.74) is 8.25. The van der Waals surface area contributed by atoms with Gasteiger partial charge < -0.3 is 5.73 Å². The molecule has 2 aromatic heterocycles. The predicted molar refractivity (Wildman–Crippen MR) is 112 cm³/mol. The minimum atomic E-state index is -0.397. The molecule has 148 valence electrons. The third kappa shape index (κ3) is 3.15. The molecular weight excluding hydrogens is 390 g/mol. The molecule has 8 heteroatoms. The molecule has 0 bridgehead atoms. The smallest absolute Gasteiger partial charge is 0.326 e. The molecule has 0 radical (unpaired) electrons. The Morgan fingerprint density at radius 2 is 2.07 bits per heavy atom. The Balaban J connectivity index is 2.21. The van der Waals surface area contributed by atoms with Crippen LogP contribution < -0.4 is 17.0 Å². The van der Waals surface area contributed by atoms with E-state index in [1.807, 2.05) is 0 Å². The van der Waals surface area contributed by atoms with Gasteiger partial charge in [0.1, 0.15) is 5.65 Å². The summed E-state index contributed by atoms with van der Waals surface area (Å²) in [6, 6.07) is 7.09. The molecule has 7 nitrogen and oxygen atoms in total. The summed E-state index contributed by atoms with van der Waals surface area (Å²) >= 11 is 6.07. The Morgan fingerprint density at radius 3 is 2.69 bits per heavy atom. The molecule has 1 aromatic carbocycles. The Kier molecular flexibility index (Phi) is 4.77. The lowest BCUT2D eigenvalue weighted by atomic mass is 9.92. The second kappa shape index (κ2) is 7.14. The predicted octanol–water partition coefficient (Wildman–Crippen LogP) is 2.46. The lowest BCUT2D eigenvalue weighted by molar-refractivity contribution is 0.558. The van der Waals surface area contributed by atoms with Crippen molar-refractivity contribution in [3.05, 3.63) is 60.9 Å². The largest absolute Gasteiger partial charge is 0.332 e. The highest BCUT2D eigenvalue weighted by Crippen LogP contribution is 2.34. The zero-order chi connectivity index (χ0) is 20.9. The van der Waals surface area contributed by atoms with Gasteiger partial charge in [-0.05, 0) is 43.4 Å². The molecule has 0 unspecified atom stereocenters. The molecule has 4 rings (SSSR count). The number of aromatic nitrogens is 3. The van der Waals surface area contributed by atoms with Crippen LogP contribution >= 0.6 is 11.6 Å². The van der Waals surface area contributed by atoms with Crippen molar-refractivity contribution in [1.29, 1.82) is 5.26 Å². The van der Waals surface area contributed by atoms with Crippen molar-refractivity contribution >= 4 is 22.6 Å². The molecular formula is C21H20ClN5O2. The topological polar surface area (TPSA) is 107 Å². The average Bonchev–Trinajstić information content (AvgIpc) is 3.53. The lowest BCUT2D eigenvalue weighted by Crippen LogP contribution is -2.40. The van der Waals surface area contributed by atoms with Crippen LogP contribution in [0.4, 0.5) is 0 Å². The van der Waals surface area contributed by atoms with E-state index in [-0.39, 0.29) is 17.9 Å². The number of nitrogens with zero attached hydrogens (tertiary/aromatic N) is 4. The fourth-order valence-corrected chi connectivity index (χ4v) is 3.93. The van der Waals surface area contributed by atoms with Gasteiger partial charge in [-0.3, -0.25) is 13.9 Å². The number of fused-ring (bicyclic) bond motifs is 1. The summed E-state index contributed by atoms with van der Waals surface area (Å²) in [7, 11) is 1.61. The van der Waals surface area contributed by atoms with Gasteiger partial charge >= 0.3 is 5.69 Å². The second-order valence-electron chi connectivity index (χ2n) is 7.46. The van der Waals surface area contributed by atoms with Crippen molar-refractivity contribution in [2.45, 2.75) is 32.9 Å². The molecule has 0 atom stereocenters. The summed E-state index contributed by atoms with van der Waals surface area (Å²) in [5, 5.41) is 10.4. The zero-order valence-electron chi connectivity index (χ0n) is 16.2. The fourth-order valence-electron chi connectivity index (χ4n) is 3.76. The molecule has 0 amide bonds. The van der Waals surface area contributed by atoms with Crippen LogP contribution in [-0.4, -0.2) is 14.1 Å². The highest BCUT2D eigenvalue weighted by molar-refractivity contribution is 6.30. The maximum atomic E-state index is 13.5. The average molecular weight is 410 g/mol. The lowest BCUT2D eigenvalue weighted by Gasteiger charge is -2.18. The first-order valence-electron chi connectivity index (χ1n) is 9.40. The van der Waals surface area contributed by atoms with Crippen molar-refractivity contribution in [2.75, 3.05) is 0 Å². The Bertz CT molecular complexity index is 1310. The van der Waals surface area contributed by atoms with Gasteiger partial charge in [-0.1, -0.05) is 17.7 Å². The van der Waals surface area contributed by atoms with Crippen molar-refractivity contribution in [2.24, 2.45) is 18.7 Å². The van der Waals surface area contributed by atoms with E-state index in [9.17, 15) is 14.9 Å². The summed E-state index contributed by atoms with van der Waals surface area (Å²) < 4.78 is 2.68. The minimum absolute atomic E-state index is 0.141. The Hall–Kier alpha value is -2.95. The molecule has 3 aromatic rings. The quantitative estimate of drug-likeness (QED) is 0.712. The first-order chi connectivity index (χ1) is 13.9. The molecule has 1 aliphatic carbocycles. The summed E-state index contributed by atoms with van der Waals surface area (Å²) in [5.74, 6) is 0.346. The molecule has 1 aliphatic rings. The van der Waals surface area contributed by atoms with Crippen molar-refractivity contribution in [1.82, 2.24) is 14.1 Å². The molecule has 0 saturated heterocycles. The van der Waals surface area contributed by atoms with Crippen LogP contribution in [0.15, 0.2) is 27.8 Å². The van der Waals surface area contributed by atoms with Gasteiger partial charge in [0, 0.05) is 42.0 Å². The number of nitriles is 1. The number of hydrogen-bond acceptors (Lipinski definition) is 5. The van der Waals surface area contributed by atoms with E-state index in [2.05, 4.69) is 11.1 Å². The number of nitrogens with two attached hydrogens (primary N) is 1. The van der Waals surface area contributed by atoms with Crippen LogP contribution in [0, 0.1) is 24.2 Å². The normalized spacial score (nSPS) is 13.6. The molecule has 1 fully saturated rings. The highest BCUT2D eigenvalue weighted by atomic mass is 35.5. The molecule has 2 N–H and O–H groups in total. The number of benzene rings is 1. The monoisotopic (exact) mass is 409 g/mol. The van der Waals surface area contributed by atoms with Crippen LogP contribution in [0.5, 0.6) is 0 Å². The number of pyridine rings is 1. The Morgan fingerprint density at radius 1 is 1.34 bits per heavy atom. The van der Waals surface area contributed by atoms with Crippen molar-refractivity contribution in [3.63, 3.8) is 0 Å². The summed E-state index contributed by atoms with van der Waals surface area (Å²) in [6.45, 7) is 2.31. The van der Waals surface area contributed by atoms with Gasteiger partial charge in [-0.2, -0.15) is 5.26 Å². The van der Waals surface area contributed by atoms with Gasteiger partial charge in [-0.15, -0.1) is 0 Å². The molecule has 0 spiro atoms. The maximum Gasteiger partial charge on any atom is 0.332 e. The highest BCUT2D eigenvalue weighted by Gasteiger charge is 2.27. The minimum Gasteiger partial charge on any atom is -0.326 e. The zero-order valence-corrected chi connectivity index (χ0v) is 17.0. The van der Waals surface area contributed by atoms with E-state index in [0.717, 1.165) is 12.8 Å². The second-order valence-corrected chi connectivity index (χ2v) is 7.89. The van der Waals surface area contributed by atoms with E-state index in [0.29, 0.717) is 50.8 Å². The van der Waals surface area contributed by atoms with Crippen LogP contribution in [-0.2, 0) is 20.1 Å². The summed E-state index contributed by atoms with van der Waals surface area (Å²) in [6.07, 6.45) is 2.02. The van der Waals surface area contributed by atoms with Crippen LogP contribution in [0.2, 0.25) is 5.02 Å². The maximum absolute atomic E-state index is 13.5. The van der Waals surface area contributed by atoms with E-state index < -0.39 is 5.56 Å². The van der Waals surface area contributed by atoms with Crippen LogP contribution in [0.3, 0.4) is 0 Å². The van der Waals surface area contributed by atoms with Gasteiger partial charge in [0.2, 0.25) is 0 Å². The summed E-state index contributed by atoms with van der Waals surface area (Å²) in [4.78, 5) is 30.8. The van der Waals surface area contributed by atoms with Gasteiger partial charge in [0.05, 0.1) is 17.0 Å². The van der Waals surface area contributed by atoms with E-state index in [1.165, 1.54) is 9.13 Å². The van der Waals surface area contributed by atoms with Crippen molar-refractivity contribution in [3.8, 4) is 17.2 Å². The molecule has 29 heavy (non-hydrogen) atoms. The number of hydrogen-bond donors (Lipinski definition) is 1. The van der Waals surface area contributed by atoms with Gasteiger partial charge in [0.25, 0.3) is 5.56 Å². The molecule has 1 saturated carbocycles. The SMILES string of the molecule is Cc1nc2c(c(-c3ccc(Cl)cc3C#N)c1CN)c(=O)n(CC1CC1)c(=O)n2C. The number of rotatable bonds is 4. The standard InChI is InChI=1S/C21H20ClN5O2/c1-11-16(9-24)17(15-6-5-14(22)7-13(15)8-23)18-19(25-11)26(2)21(29)27(20(18)28)10-12-3-4-12/h5-7,12H,3-4,9-10,24H2,1-2H3. The fraction of sp³-hybridized carbons (Fsp3) is 0.333. The van der Waals surface area contributed by atoms with E-state index in [1.54, 1.807) is 32.2 Å². The first kappa shape index (κ1) is 19.4. The van der Waals surface area contributed by atoms with Gasteiger partial charge in [-0.25, -0.2) is 9.78 Å². The van der Waals surface area contributed by atoms with Crippen LogP contribution in [0.1, 0.15) is 29.7 Å². The molecule has 2 heterocycles. The Labute approximate surface area is 172 Å². The number of aryl methyl sites for hydroxylation is 2. The van der Waals surface area contributed by atoms with Crippen molar-refractivity contribution < 1.29 is 0 Å².